The van der Waals surface area contributed by atoms with E-state index in [1.165, 1.54) is 0 Å². The van der Waals surface area contributed by atoms with Crippen molar-refractivity contribution in [1.29, 1.82) is 5.26 Å². The van der Waals surface area contributed by atoms with E-state index in [4.69, 9.17) is 16.1 Å². The lowest BCUT2D eigenvalue weighted by Crippen LogP contribution is -2.32. The number of β-amino-alcohol motifs (C(OH)–C–C–N with tert-alkyl or cyclic N) is 1. The molecule has 1 aliphatic rings. The van der Waals surface area contributed by atoms with Crippen LogP contribution in [0.15, 0.2) is 18.2 Å². The predicted octanol–water partition coefficient (Wildman–Crippen LogP) is 0.645. The van der Waals surface area contributed by atoms with Gasteiger partial charge in [0.1, 0.15) is 6.07 Å². The molecule has 1 aromatic rings. The van der Waals surface area contributed by atoms with E-state index >= 15 is 0 Å². The maximum Gasteiger partial charge on any atom is 0.101 e. The number of rotatable bonds is 3. The molecule has 102 valence electrons. The first kappa shape index (κ1) is 13.7. The van der Waals surface area contributed by atoms with Crippen molar-refractivity contribution in [2.75, 3.05) is 50.0 Å². The lowest BCUT2D eigenvalue weighted by Gasteiger charge is -2.23. The fourth-order valence-electron chi connectivity index (χ4n) is 2.44. The molecule has 1 fully saturated rings. The molecule has 1 saturated heterocycles. The molecule has 1 heterocycles. The molecule has 0 spiro atoms. The van der Waals surface area contributed by atoms with Gasteiger partial charge in [-0.2, -0.15) is 5.26 Å². The zero-order chi connectivity index (χ0) is 13.7. The Hall–Kier alpha value is -1.77. The van der Waals surface area contributed by atoms with Gasteiger partial charge in [0.05, 0.1) is 17.9 Å². The summed E-state index contributed by atoms with van der Waals surface area (Å²) in [7, 11) is 0. The second-order valence-electron chi connectivity index (χ2n) is 4.79. The Morgan fingerprint density at radius 1 is 1.26 bits per heavy atom. The van der Waals surface area contributed by atoms with Gasteiger partial charge in [-0.3, -0.25) is 4.90 Å². The molecular weight excluding hydrogens is 240 g/mol. The van der Waals surface area contributed by atoms with E-state index in [9.17, 15) is 0 Å². The quantitative estimate of drug-likeness (QED) is 0.780. The standard InChI is InChI=1S/C14H20N4O/c15-11-12-2-3-13(10-14(12)16)18-5-1-4-17(6-7-18)8-9-19/h2-3,10,19H,1,4-9,16H2. The van der Waals surface area contributed by atoms with Crippen LogP contribution in [0.2, 0.25) is 0 Å². The SMILES string of the molecule is N#Cc1ccc(N2CCCN(CCO)CC2)cc1N. The smallest absolute Gasteiger partial charge is 0.101 e. The van der Waals surface area contributed by atoms with Crippen LogP contribution in [0.25, 0.3) is 0 Å². The van der Waals surface area contributed by atoms with Gasteiger partial charge in [-0.1, -0.05) is 0 Å². The summed E-state index contributed by atoms with van der Waals surface area (Å²) in [5.41, 5.74) is 8.00. The Morgan fingerprint density at radius 2 is 2.11 bits per heavy atom. The summed E-state index contributed by atoms with van der Waals surface area (Å²) in [6.07, 6.45) is 1.07. The van der Waals surface area contributed by atoms with Crippen molar-refractivity contribution >= 4 is 11.4 Å². The largest absolute Gasteiger partial charge is 0.398 e. The number of nitrogen functional groups attached to an aromatic ring is 1. The van der Waals surface area contributed by atoms with Gasteiger partial charge in [-0.15, -0.1) is 0 Å². The molecule has 5 nitrogen and oxygen atoms in total. The zero-order valence-electron chi connectivity index (χ0n) is 11.0. The lowest BCUT2D eigenvalue weighted by molar-refractivity contribution is 0.204. The van der Waals surface area contributed by atoms with Gasteiger partial charge in [-0.25, -0.2) is 0 Å². The highest BCUT2D eigenvalue weighted by atomic mass is 16.3. The fourth-order valence-corrected chi connectivity index (χ4v) is 2.44. The minimum atomic E-state index is 0.212. The van der Waals surface area contributed by atoms with Gasteiger partial charge < -0.3 is 15.7 Å². The third-order valence-electron chi connectivity index (χ3n) is 3.53. The maximum atomic E-state index is 8.98. The zero-order valence-corrected chi connectivity index (χ0v) is 11.0. The number of anilines is 2. The summed E-state index contributed by atoms with van der Waals surface area (Å²) in [6.45, 7) is 4.81. The van der Waals surface area contributed by atoms with Gasteiger partial charge in [0, 0.05) is 31.9 Å². The summed E-state index contributed by atoms with van der Waals surface area (Å²) in [6, 6.07) is 7.69. The number of nitrogens with two attached hydrogens (primary N) is 1. The summed E-state index contributed by atoms with van der Waals surface area (Å²) >= 11 is 0. The summed E-state index contributed by atoms with van der Waals surface area (Å²) in [5, 5.41) is 17.9. The first-order chi connectivity index (χ1) is 9.24. The number of nitriles is 1. The molecular formula is C14H20N4O. The predicted molar refractivity (Wildman–Crippen MR) is 75.9 cm³/mol. The van der Waals surface area contributed by atoms with E-state index in [0.29, 0.717) is 11.3 Å². The highest BCUT2D eigenvalue weighted by molar-refractivity contribution is 5.63. The van der Waals surface area contributed by atoms with Crippen molar-refractivity contribution in [3.63, 3.8) is 0 Å². The van der Waals surface area contributed by atoms with Crippen molar-refractivity contribution in [3.8, 4) is 6.07 Å². The normalized spacial score (nSPS) is 16.9. The van der Waals surface area contributed by atoms with E-state index in [2.05, 4.69) is 15.9 Å². The number of hydrogen-bond acceptors (Lipinski definition) is 5. The van der Waals surface area contributed by atoms with Crippen LogP contribution < -0.4 is 10.6 Å². The molecule has 0 aromatic heterocycles. The summed E-state index contributed by atoms with van der Waals surface area (Å²) in [5.74, 6) is 0. The second kappa shape index (κ2) is 6.41. The third kappa shape index (κ3) is 3.37. The average Bonchev–Trinajstić information content (AvgIpc) is 2.65. The minimum absolute atomic E-state index is 0.212. The first-order valence-electron chi connectivity index (χ1n) is 6.62. The van der Waals surface area contributed by atoms with Crippen molar-refractivity contribution in [2.24, 2.45) is 0 Å². The van der Waals surface area contributed by atoms with E-state index in [1.807, 2.05) is 12.1 Å². The van der Waals surface area contributed by atoms with E-state index in [1.54, 1.807) is 6.07 Å². The summed E-state index contributed by atoms with van der Waals surface area (Å²) in [4.78, 5) is 4.56. The van der Waals surface area contributed by atoms with E-state index in [0.717, 1.165) is 44.8 Å². The number of nitrogens with zero attached hydrogens (tertiary/aromatic N) is 3. The van der Waals surface area contributed by atoms with Crippen LogP contribution >= 0.6 is 0 Å². The fraction of sp³-hybridized carbons (Fsp3) is 0.500. The van der Waals surface area contributed by atoms with E-state index in [-0.39, 0.29) is 6.61 Å². The molecule has 0 amide bonds. The molecule has 0 aliphatic carbocycles. The molecule has 0 radical (unpaired) electrons. The maximum absolute atomic E-state index is 8.98. The highest BCUT2D eigenvalue weighted by Gasteiger charge is 2.15. The molecule has 5 heteroatoms. The van der Waals surface area contributed by atoms with Crippen LogP contribution in [0.4, 0.5) is 11.4 Å². The van der Waals surface area contributed by atoms with Crippen molar-refractivity contribution in [1.82, 2.24) is 4.90 Å². The molecule has 2 rings (SSSR count). The molecule has 0 saturated carbocycles. The van der Waals surface area contributed by atoms with Gasteiger partial charge in [-0.05, 0) is 31.2 Å². The third-order valence-corrected chi connectivity index (χ3v) is 3.53. The van der Waals surface area contributed by atoms with Crippen LogP contribution in [0.3, 0.4) is 0 Å². The molecule has 1 aromatic carbocycles. The van der Waals surface area contributed by atoms with Crippen LogP contribution in [0.1, 0.15) is 12.0 Å². The van der Waals surface area contributed by atoms with Gasteiger partial charge >= 0.3 is 0 Å². The number of aliphatic hydroxyl groups excluding tert-OH is 1. The Kier molecular flexibility index (Phi) is 4.61. The molecule has 1 aliphatic heterocycles. The molecule has 3 N–H and O–H groups in total. The summed E-state index contributed by atoms with van der Waals surface area (Å²) < 4.78 is 0. The van der Waals surface area contributed by atoms with Crippen LogP contribution in [-0.4, -0.2) is 49.3 Å². The Labute approximate surface area is 113 Å². The average molecular weight is 260 g/mol. The number of aliphatic hydroxyl groups is 1. The lowest BCUT2D eigenvalue weighted by atomic mass is 10.1. The Bertz CT molecular complexity index is 469. The molecule has 0 unspecified atom stereocenters. The van der Waals surface area contributed by atoms with E-state index < -0.39 is 0 Å². The second-order valence-corrected chi connectivity index (χ2v) is 4.79. The topological polar surface area (TPSA) is 76.5 Å². The van der Waals surface area contributed by atoms with Crippen molar-refractivity contribution in [2.45, 2.75) is 6.42 Å². The highest BCUT2D eigenvalue weighted by Crippen LogP contribution is 2.22. The molecule has 19 heavy (non-hydrogen) atoms. The van der Waals surface area contributed by atoms with Crippen LogP contribution in [0.5, 0.6) is 0 Å². The van der Waals surface area contributed by atoms with Crippen molar-refractivity contribution in [3.05, 3.63) is 23.8 Å². The van der Waals surface area contributed by atoms with Gasteiger partial charge in [0.25, 0.3) is 0 Å². The first-order valence-corrected chi connectivity index (χ1v) is 6.62. The van der Waals surface area contributed by atoms with Gasteiger partial charge in [0.15, 0.2) is 0 Å². The van der Waals surface area contributed by atoms with Crippen LogP contribution in [-0.2, 0) is 0 Å². The van der Waals surface area contributed by atoms with Gasteiger partial charge in [0.2, 0.25) is 0 Å². The Morgan fingerprint density at radius 3 is 2.79 bits per heavy atom. The monoisotopic (exact) mass is 260 g/mol. The number of hydrogen-bond donors (Lipinski definition) is 2. The minimum Gasteiger partial charge on any atom is -0.398 e. The Balaban J connectivity index is 2.06. The number of benzene rings is 1. The van der Waals surface area contributed by atoms with Crippen molar-refractivity contribution < 1.29 is 5.11 Å². The molecule has 0 bridgehead atoms. The van der Waals surface area contributed by atoms with Crippen LogP contribution in [0, 0.1) is 11.3 Å². The molecule has 0 atom stereocenters.